The highest BCUT2D eigenvalue weighted by molar-refractivity contribution is 5.96. The van der Waals surface area contributed by atoms with Gasteiger partial charge in [-0.3, -0.25) is 9.59 Å². The van der Waals surface area contributed by atoms with Crippen molar-refractivity contribution in [2.75, 3.05) is 6.54 Å². The summed E-state index contributed by atoms with van der Waals surface area (Å²) in [4.78, 5) is 54.7. The Bertz CT molecular complexity index is 1110. The highest BCUT2D eigenvalue weighted by Crippen LogP contribution is 2.45. The number of rotatable bonds is 5. The van der Waals surface area contributed by atoms with E-state index in [1.807, 2.05) is 17.3 Å². The topological polar surface area (TPSA) is 164 Å². The summed E-state index contributed by atoms with van der Waals surface area (Å²) in [6.45, 7) is 5.52. The van der Waals surface area contributed by atoms with Crippen LogP contribution in [0.1, 0.15) is 104 Å². The van der Waals surface area contributed by atoms with Crippen LogP contribution in [-0.4, -0.2) is 81.0 Å². The first-order chi connectivity index (χ1) is 20.9. The lowest BCUT2D eigenvalue weighted by Gasteiger charge is -2.30. The molecule has 3 aliphatic heterocycles. The van der Waals surface area contributed by atoms with E-state index in [4.69, 9.17) is 4.74 Å². The minimum atomic E-state index is -1.37. The third kappa shape index (κ3) is 7.91. The molecule has 0 aromatic carbocycles. The smallest absolute Gasteiger partial charge is 0.408 e. The molecule has 44 heavy (non-hydrogen) atoms. The molecule has 5 rings (SSSR count). The summed E-state index contributed by atoms with van der Waals surface area (Å²) in [7, 11) is 0. The van der Waals surface area contributed by atoms with Crippen LogP contribution in [0.3, 0.4) is 0 Å². The Morgan fingerprint density at radius 1 is 1.09 bits per heavy atom. The number of carboxylic acid groups (broad SMARTS) is 1. The standard InChI is InChI=1S/C31H51N7O6/c1-30(2,3)44-29(43)32-23-15-11-6-4-5-10-14-21-18-31(21,28(41)42)33-26(39)24-17-22(19-37(24)27(23)40)38-35-25(34-36-38)16-20-12-8-7-9-13-20/h10,14,20-25,34-36H,4-9,11-13,15-19H2,1-3H3,(H,32,43)(H,33,39)(H,41,42)/b14-10-/t21-,22+,23-,24+,25?,31+/m1/s1. The molecule has 13 heteroatoms. The average Bonchev–Trinajstić information content (AvgIpc) is 3.27. The average molecular weight is 618 g/mol. The number of amides is 3. The molecular weight excluding hydrogens is 566 g/mol. The fraction of sp³-hybridized carbons (Fsp3) is 0.806. The van der Waals surface area contributed by atoms with Gasteiger partial charge in [0.25, 0.3) is 0 Å². The molecular formula is C31H51N7O6. The van der Waals surface area contributed by atoms with Crippen LogP contribution in [0.15, 0.2) is 12.2 Å². The summed E-state index contributed by atoms with van der Waals surface area (Å²) >= 11 is 0. The quantitative estimate of drug-likeness (QED) is 0.253. The maximum Gasteiger partial charge on any atom is 0.408 e. The zero-order valence-electron chi connectivity index (χ0n) is 26.4. The molecule has 2 saturated carbocycles. The maximum absolute atomic E-state index is 14.2. The molecule has 3 amide bonds. The van der Waals surface area contributed by atoms with E-state index >= 15 is 0 Å². The number of nitrogens with one attached hydrogen (secondary N) is 5. The van der Waals surface area contributed by atoms with Crippen LogP contribution in [0.5, 0.6) is 0 Å². The number of nitrogens with zero attached hydrogens (tertiary/aromatic N) is 2. The van der Waals surface area contributed by atoms with E-state index in [0.29, 0.717) is 31.6 Å². The minimum absolute atomic E-state index is 0.0246. The molecule has 0 spiro atoms. The number of ether oxygens (including phenoxy) is 1. The van der Waals surface area contributed by atoms with Crippen LogP contribution in [0.4, 0.5) is 4.79 Å². The minimum Gasteiger partial charge on any atom is -0.479 e. The molecule has 0 aromatic rings. The van der Waals surface area contributed by atoms with Crippen molar-refractivity contribution >= 4 is 23.9 Å². The second kappa shape index (κ2) is 13.7. The van der Waals surface area contributed by atoms with E-state index in [1.54, 1.807) is 20.8 Å². The van der Waals surface area contributed by atoms with Crippen molar-refractivity contribution < 1.29 is 29.0 Å². The van der Waals surface area contributed by atoms with Gasteiger partial charge in [-0.25, -0.2) is 20.4 Å². The van der Waals surface area contributed by atoms with Crippen molar-refractivity contribution in [1.82, 2.24) is 37.0 Å². The van der Waals surface area contributed by atoms with E-state index in [-0.39, 0.29) is 30.6 Å². The number of carbonyl (C=O) groups is 4. The van der Waals surface area contributed by atoms with Crippen LogP contribution >= 0.6 is 0 Å². The molecule has 6 atom stereocenters. The Labute approximate surface area is 260 Å². The van der Waals surface area contributed by atoms with Crippen molar-refractivity contribution in [3.63, 3.8) is 0 Å². The van der Waals surface area contributed by atoms with Crippen LogP contribution in [-0.2, 0) is 19.1 Å². The zero-order valence-corrected chi connectivity index (χ0v) is 26.4. The Hall–Kier alpha value is -2.74. The summed E-state index contributed by atoms with van der Waals surface area (Å²) in [5.74, 6) is -1.57. The van der Waals surface area contributed by atoms with E-state index in [0.717, 1.165) is 25.7 Å². The first kappa shape index (κ1) is 32.6. The van der Waals surface area contributed by atoms with Gasteiger partial charge in [-0.05, 0) is 65.2 Å². The molecule has 0 bridgehead atoms. The molecule has 6 N–H and O–H groups in total. The van der Waals surface area contributed by atoms with Crippen LogP contribution in [0.2, 0.25) is 0 Å². The molecule has 13 nitrogen and oxygen atoms in total. The van der Waals surface area contributed by atoms with Crippen molar-refractivity contribution in [2.45, 2.75) is 140 Å². The molecule has 5 aliphatic rings. The van der Waals surface area contributed by atoms with Crippen molar-refractivity contribution in [2.24, 2.45) is 11.8 Å². The van der Waals surface area contributed by atoms with Crippen LogP contribution in [0.25, 0.3) is 0 Å². The van der Waals surface area contributed by atoms with Gasteiger partial charge in [0.05, 0.1) is 12.2 Å². The normalized spacial score (nSPS) is 35.1. The van der Waals surface area contributed by atoms with Crippen molar-refractivity contribution in [3.05, 3.63) is 12.2 Å². The molecule has 3 heterocycles. The van der Waals surface area contributed by atoms with Crippen molar-refractivity contribution in [3.8, 4) is 0 Å². The number of allylic oxidation sites excluding steroid dienone is 1. The summed E-state index contributed by atoms with van der Waals surface area (Å²) in [6.07, 6.45) is 14.7. The van der Waals surface area contributed by atoms with Gasteiger partial charge < -0.3 is 25.4 Å². The Morgan fingerprint density at radius 3 is 2.55 bits per heavy atom. The molecule has 0 aromatic heterocycles. The summed E-state index contributed by atoms with van der Waals surface area (Å²) in [5, 5.41) is 17.5. The zero-order chi connectivity index (χ0) is 31.5. The highest BCUT2D eigenvalue weighted by atomic mass is 16.6. The molecule has 0 radical (unpaired) electrons. The van der Waals surface area contributed by atoms with E-state index in [2.05, 4.69) is 27.0 Å². The number of hydrogen-bond acceptors (Lipinski definition) is 9. The first-order valence-electron chi connectivity index (χ1n) is 16.5. The van der Waals surface area contributed by atoms with Gasteiger partial charge >= 0.3 is 12.1 Å². The molecule has 2 saturated heterocycles. The first-order valence-corrected chi connectivity index (χ1v) is 16.5. The van der Waals surface area contributed by atoms with Gasteiger partial charge in [0, 0.05) is 12.5 Å². The Morgan fingerprint density at radius 2 is 1.82 bits per heavy atom. The van der Waals surface area contributed by atoms with E-state index < -0.39 is 41.2 Å². The van der Waals surface area contributed by atoms with Gasteiger partial charge in [-0.2, -0.15) is 10.7 Å². The van der Waals surface area contributed by atoms with Gasteiger partial charge in [-0.15, -0.1) is 0 Å². The monoisotopic (exact) mass is 617 g/mol. The summed E-state index contributed by atoms with van der Waals surface area (Å²) in [5.41, 5.74) is 7.88. The largest absolute Gasteiger partial charge is 0.479 e. The Kier molecular flexibility index (Phi) is 10.2. The van der Waals surface area contributed by atoms with E-state index in [9.17, 15) is 24.3 Å². The van der Waals surface area contributed by atoms with Gasteiger partial charge in [-0.1, -0.05) is 57.1 Å². The second-order valence-corrected chi connectivity index (χ2v) is 14.3. The number of aliphatic carboxylic acids is 1. The summed E-state index contributed by atoms with van der Waals surface area (Å²) in [6, 6.07) is -2.04. The number of fused-ring (bicyclic) bond motifs is 2. The number of hydrogen-bond donors (Lipinski definition) is 6. The molecule has 4 fully saturated rings. The lowest BCUT2D eigenvalue weighted by Crippen LogP contribution is -2.56. The van der Waals surface area contributed by atoms with Crippen LogP contribution in [0, 0.1) is 11.8 Å². The lowest BCUT2D eigenvalue weighted by molar-refractivity contribution is -0.145. The second-order valence-electron chi connectivity index (χ2n) is 14.3. The SMILES string of the molecule is CC(C)(C)OC(=O)N[C@@H]1CCCCC/C=C\[C@@H]2C[C@]2(C(=O)O)NC(=O)[C@@H]2C[C@H](N3NNC(CC4CCCCC4)N3)CN2C1=O. The third-order valence-corrected chi connectivity index (χ3v) is 9.64. The number of hydrazine groups is 3. The molecule has 246 valence electrons. The lowest BCUT2D eigenvalue weighted by atomic mass is 9.86. The fourth-order valence-electron chi connectivity index (χ4n) is 7.16. The van der Waals surface area contributed by atoms with E-state index in [1.165, 1.54) is 37.0 Å². The predicted octanol–water partition coefficient (Wildman–Crippen LogP) is 2.45. The number of carboxylic acids is 1. The van der Waals surface area contributed by atoms with Gasteiger partial charge in [0.2, 0.25) is 11.8 Å². The number of carbonyl (C=O) groups excluding carboxylic acids is 3. The third-order valence-electron chi connectivity index (χ3n) is 9.64. The number of alkyl carbamates (subject to hydrolysis) is 1. The maximum atomic E-state index is 14.2. The fourth-order valence-corrected chi connectivity index (χ4v) is 7.16. The Balaban J connectivity index is 1.35. The predicted molar refractivity (Wildman–Crippen MR) is 162 cm³/mol. The van der Waals surface area contributed by atoms with Gasteiger partial charge in [0.15, 0.2) is 0 Å². The van der Waals surface area contributed by atoms with Gasteiger partial charge in [0.1, 0.15) is 23.2 Å². The summed E-state index contributed by atoms with van der Waals surface area (Å²) < 4.78 is 5.47. The molecule has 1 unspecified atom stereocenters. The van der Waals surface area contributed by atoms with Crippen molar-refractivity contribution in [1.29, 1.82) is 0 Å². The molecule has 2 aliphatic carbocycles. The highest BCUT2D eigenvalue weighted by Gasteiger charge is 2.61. The van der Waals surface area contributed by atoms with Crippen LogP contribution < -0.4 is 27.0 Å².